The van der Waals surface area contributed by atoms with E-state index in [0.29, 0.717) is 5.56 Å². The van der Waals surface area contributed by atoms with Gasteiger partial charge in [-0.25, -0.2) is 8.42 Å². The number of sulfonamides is 1. The Morgan fingerprint density at radius 1 is 1.57 bits per heavy atom. The highest BCUT2D eigenvalue weighted by molar-refractivity contribution is 7.89. The van der Waals surface area contributed by atoms with E-state index in [4.69, 9.17) is 5.11 Å². The van der Waals surface area contributed by atoms with Crippen LogP contribution in [0.2, 0.25) is 0 Å². The normalized spacial score (nSPS) is 12.6. The third-order valence-corrected chi connectivity index (χ3v) is 4.15. The molecule has 0 spiro atoms. The predicted octanol–water partition coefficient (Wildman–Crippen LogP) is 1.21. The van der Waals surface area contributed by atoms with Gasteiger partial charge in [-0.2, -0.15) is 4.72 Å². The Labute approximate surface area is 121 Å². The van der Waals surface area contributed by atoms with E-state index in [9.17, 15) is 23.3 Å². The van der Waals surface area contributed by atoms with E-state index < -0.39 is 27.0 Å². The number of nitro groups is 1. The molecule has 0 aliphatic rings. The summed E-state index contributed by atoms with van der Waals surface area (Å²) in [6, 6.07) is 1.98. The third kappa shape index (κ3) is 4.10. The van der Waals surface area contributed by atoms with Gasteiger partial charge in [0.1, 0.15) is 6.04 Å². The van der Waals surface area contributed by atoms with E-state index in [2.05, 4.69) is 6.58 Å². The molecule has 9 heteroatoms. The van der Waals surface area contributed by atoms with E-state index in [0.717, 1.165) is 6.07 Å². The van der Waals surface area contributed by atoms with Crippen molar-refractivity contribution in [3.8, 4) is 0 Å². The molecule has 114 valence electrons. The average molecular weight is 314 g/mol. The summed E-state index contributed by atoms with van der Waals surface area (Å²) >= 11 is 0. The summed E-state index contributed by atoms with van der Waals surface area (Å²) in [7, 11) is -4.18. The molecule has 0 saturated heterocycles. The first-order valence-electron chi connectivity index (χ1n) is 5.80. The van der Waals surface area contributed by atoms with Gasteiger partial charge in [0.2, 0.25) is 10.0 Å². The van der Waals surface area contributed by atoms with E-state index in [1.165, 1.54) is 25.1 Å². The second kappa shape index (κ2) is 6.46. The van der Waals surface area contributed by atoms with Crippen LogP contribution in [-0.2, 0) is 14.8 Å². The second-order valence-corrected chi connectivity index (χ2v) is 5.96. The van der Waals surface area contributed by atoms with Crippen molar-refractivity contribution in [3.63, 3.8) is 0 Å². The van der Waals surface area contributed by atoms with Crippen molar-refractivity contribution < 1.29 is 23.2 Å². The molecule has 0 radical (unpaired) electrons. The number of benzene rings is 1. The summed E-state index contributed by atoms with van der Waals surface area (Å²) in [4.78, 5) is 20.7. The number of nitrogens with zero attached hydrogens (tertiary/aromatic N) is 1. The number of rotatable bonds is 7. The average Bonchev–Trinajstić information content (AvgIpc) is 2.37. The number of carboxylic acids is 1. The lowest BCUT2D eigenvalue weighted by Gasteiger charge is -2.13. The van der Waals surface area contributed by atoms with E-state index in [1.807, 2.05) is 4.72 Å². The highest BCUT2D eigenvalue weighted by atomic mass is 32.2. The molecular weight excluding hydrogens is 300 g/mol. The van der Waals surface area contributed by atoms with Gasteiger partial charge in [0.05, 0.1) is 9.82 Å². The second-order valence-electron chi connectivity index (χ2n) is 4.24. The number of nitro benzene ring substituents is 1. The maximum absolute atomic E-state index is 12.1. The monoisotopic (exact) mass is 314 g/mol. The number of carboxylic acid groups (broad SMARTS) is 1. The van der Waals surface area contributed by atoms with Crippen LogP contribution >= 0.6 is 0 Å². The highest BCUT2D eigenvalue weighted by Crippen LogP contribution is 2.22. The maximum Gasteiger partial charge on any atom is 0.322 e. The summed E-state index contributed by atoms with van der Waals surface area (Å²) < 4.78 is 26.1. The van der Waals surface area contributed by atoms with Crippen LogP contribution in [0, 0.1) is 17.0 Å². The molecule has 0 aromatic heterocycles. The maximum atomic E-state index is 12.1. The molecule has 1 atom stereocenters. The highest BCUT2D eigenvalue weighted by Gasteiger charge is 2.26. The summed E-state index contributed by atoms with van der Waals surface area (Å²) in [5.74, 6) is -1.36. The van der Waals surface area contributed by atoms with Gasteiger partial charge in [0.25, 0.3) is 5.69 Å². The third-order valence-electron chi connectivity index (χ3n) is 2.69. The predicted molar refractivity (Wildman–Crippen MR) is 74.4 cm³/mol. The molecule has 21 heavy (non-hydrogen) atoms. The largest absolute Gasteiger partial charge is 0.480 e. The van der Waals surface area contributed by atoms with Crippen LogP contribution in [0.25, 0.3) is 0 Å². The quantitative estimate of drug-likeness (QED) is 0.442. The molecule has 0 amide bonds. The molecule has 0 saturated carbocycles. The summed E-state index contributed by atoms with van der Waals surface area (Å²) in [6.45, 7) is 4.82. The number of aryl methyl sites for hydroxylation is 1. The van der Waals surface area contributed by atoms with Crippen molar-refractivity contribution in [2.45, 2.75) is 24.3 Å². The first-order chi connectivity index (χ1) is 9.69. The fourth-order valence-electron chi connectivity index (χ4n) is 1.57. The van der Waals surface area contributed by atoms with Crippen molar-refractivity contribution in [1.29, 1.82) is 0 Å². The first kappa shape index (κ1) is 16.8. The smallest absolute Gasteiger partial charge is 0.322 e. The molecule has 0 fully saturated rings. The minimum atomic E-state index is -4.18. The first-order valence-corrected chi connectivity index (χ1v) is 7.28. The van der Waals surface area contributed by atoms with Crippen LogP contribution in [0.4, 0.5) is 5.69 Å². The Balaban J connectivity index is 3.19. The fourth-order valence-corrected chi connectivity index (χ4v) is 2.80. The van der Waals surface area contributed by atoms with Gasteiger partial charge < -0.3 is 5.11 Å². The Bertz CT molecular complexity index is 683. The fraction of sp³-hybridized carbons (Fsp3) is 0.250. The molecule has 0 bridgehead atoms. The SMILES string of the molecule is C=CCC(NS(=O)(=O)c1ccc(C)c([N+](=O)[O-])c1)C(=O)O. The Hall–Kier alpha value is -2.26. The molecule has 1 unspecified atom stereocenters. The molecular formula is C12H14N2O6S. The van der Waals surface area contributed by atoms with Gasteiger partial charge in [-0.05, 0) is 19.4 Å². The number of aliphatic carboxylic acids is 1. The lowest BCUT2D eigenvalue weighted by molar-refractivity contribution is -0.385. The minimum absolute atomic E-state index is 0.109. The topological polar surface area (TPSA) is 127 Å². The molecule has 8 nitrogen and oxygen atoms in total. The van der Waals surface area contributed by atoms with Crippen molar-refractivity contribution in [2.75, 3.05) is 0 Å². The minimum Gasteiger partial charge on any atom is -0.480 e. The van der Waals surface area contributed by atoms with Crippen molar-refractivity contribution >= 4 is 21.7 Å². The molecule has 0 aliphatic heterocycles. The van der Waals surface area contributed by atoms with Gasteiger partial charge in [-0.1, -0.05) is 12.1 Å². The van der Waals surface area contributed by atoms with Crippen LogP contribution in [0.1, 0.15) is 12.0 Å². The van der Waals surface area contributed by atoms with Crippen molar-refractivity contribution in [2.24, 2.45) is 0 Å². The lowest BCUT2D eigenvalue weighted by atomic mass is 10.2. The lowest BCUT2D eigenvalue weighted by Crippen LogP contribution is -2.40. The van der Waals surface area contributed by atoms with E-state index in [-0.39, 0.29) is 17.0 Å². The molecule has 1 rings (SSSR count). The van der Waals surface area contributed by atoms with Gasteiger partial charge in [-0.3, -0.25) is 14.9 Å². The van der Waals surface area contributed by atoms with Crippen LogP contribution in [0.5, 0.6) is 0 Å². The number of hydrogen-bond donors (Lipinski definition) is 2. The molecule has 0 heterocycles. The van der Waals surface area contributed by atoms with E-state index in [1.54, 1.807) is 0 Å². The van der Waals surface area contributed by atoms with Crippen LogP contribution in [0.3, 0.4) is 0 Å². The van der Waals surface area contributed by atoms with Gasteiger partial charge >= 0.3 is 5.97 Å². The molecule has 0 aliphatic carbocycles. The molecule has 1 aromatic rings. The van der Waals surface area contributed by atoms with Gasteiger partial charge in [0.15, 0.2) is 0 Å². The number of carbonyl (C=O) groups is 1. The van der Waals surface area contributed by atoms with Crippen LogP contribution in [0.15, 0.2) is 35.7 Å². The summed E-state index contributed by atoms with van der Waals surface area (Å²) in [6.07, 6.45) is 1.15. The summed E-state index contributed by atoms with van der Waals surface area (Å²) in [5, 5.41) is 19.7. The molecule has 1 aromatic carbocycles. The van der Waals surface area contributed by atoms with Gasteiger partial charge in [0, 0.05) is 11.6 Å². The zero-order valence-corrected chi connectivity index (χ0v) is 12.0. The van der Waals surface area contributed by atoms with Crippen LogP contribution < -0.4 is 4.72 Å². The van der Waals surface area contributed by atoms with Crippen molar-refractivity contribution in [1.82, 2.24) is 4.72 Å². The summed E-state index contributed by atoms with van der Waals surface area (Å²) in [5.41, 5.74) is -0.0479. The van der Waals surface area contributed by atoms with Crippen LogP contribution in [-0.4, -0.2) is 30.5 Å². The van der Waals surface area contributed by atoms with Crippen molar-refractivity contribution in [3.05, 3.63) is 46.5 Å². The number of nitrogens with one attached hydrogen (secondary N) is 1. The number of hydrogen-bond acceptors (Lipinski definition) is 5. The Kier molecular flexibility index (Phi) is 5.17. The van der Waals surface area contributed by atoms with Gasteiger partial charge in [-0.15, -0.1) is 6.58 Å². The Morgan fingerprint density at radius 3 is 2.67 bits per heavy atom. The Morgan fingerprint density at radius 2 is 2.19 bits per heavy atom. The van der Waals surface area contributed by atoms with E-state index >= 15 is 0 Å². The standard InChI is InChI=1S/C12H14N2O6S/c1-3-4-10(12(15)16)13-21(19,20)9-6-5-8(2)11(7-9)14(17)18/h3,5-7,10,13H,1,4H2,2H3,(H,15,16). The molecule has 2 N–H and O–H groups in total. The zero-order valence-electron chi connectivity index (χ0n) is 11.1. The zero-order chi connectivity index (χ0) is 16.2.